The summed E-state index contributed by atoms with van der Waals surface area (Å²) in [6.07, 6.45) is 2.35. The fraction of sp³-hybridized carbons (Fsp3) is 0.474. The Morgan fingerprint density at radius 2 is 2.04 bits per heavy atom. The number of ether oxygens (including phenoxy) is 1. The topological polar surface area (TPSA) is 88.5 Å². The molecule has 2 fully saturated rings. The highest BCUT2D eigenvalue weighted by Gasteiger charge is 2.40. The molecule has 0 radical (unpaired) electrons. The number of benzene rings is 1. The van der Waals surface area contributed by atoms with E-state index >= 15 is 0 Å². The van der Waals surface area contributed by atoms with E-state index in [1.807, 2.05) is 30.3 Å². The van der Waals surface area contributed by atoms with Crippen LogP contribution in [0.2, 0.25) is 0 Å². The number of nitrogens with zero attached hydrogens (tertiary/aromatic N) is 3. The molecule has 28 heavy (non-hydrogen) atoms. The zero-order valence-electron chi connectivity index (χ0n) is 15.7. The summed E-state index contributed by atoms with van der Waals surface area (Å²) >= 11 is 1.59. The van der Waals surface area contributed by atoms with Crippen LogP contribution in [-0.2, 0) is 25.8 Å². The predicted octanol–water partition coefficient (Wildman–Crippen LogP) is 2.24. The van der Waals surface area contributed by atoms with E-state index in [1.54, 1.807) is 16.7 Å². The molecule has 0 bridgehead atoms. The van der Waals surface area contributed by atoms with Gasteiger partial charge in [-0.2, -0.15) is 0 Å². The van der Waals surface area contributed by atoms with Crippen LogP contribution in [0.15, 0.2) is 35.5 Å². The smallest absolute Gasteiger partial charge is 0.410 e. The molecule has 2 saturated heterocycles. The minimum absolute atomic E-state index is 0.126. The molecule has 150 valence electrons. The Morgan fingerprint density at radius 1 is 1.25 bits per heavy atom. The van der Waals surface area contributed by atoms with Gasteiger partial charge < -0.3 is 14.5 Å². The van der Waals surface area contributed by atoms with Gasteiger partial charge in [0.1, 0.15) is 12.6 Å². The molecule has 0 N–H and O–H groups in total. The number of carbonyl (C=O) groups is 3. The van der Waals surface area contributed by atoms with Crippen LogP contribution in [0, 0.1) is 0 Å². The first-order valence-electron chi connectivity index (χ1n) is 9.13. The second-order valence-corrected chi connectivity index (χ2v) is 7.60. The Balaban J connectivity index is 1.59. The van der Waals surface area contributed by atoms with Gasteiger partial charge in [0.05, 0.1) is 18.1 Å². The number of rotatable bonds is 5. The monoisotopic (exact) mass is 405 g/mol. The first kappa shape index (κ1) is 20.2. The molecule has 2 atom stereocenters. The summed E-state index contributed by atoms with van der Waals surface area (Å²) in [5.41, 5.74) is 0.899. The van der Waals surface area contributed by atoms with Gasteiger partial charge in [-0.1, -0.05) is 35.5 Å². The van der Waals surface area contributed by atoms with E-state index in [2.05, 4.69) is 9.99 Å². The maximum absolute atomic E-state index is 13.0. The van der Waals surface area contributed by atoms with Crippen LogP contribution in [0.3, 0.4) is 0 Å². The molecule has 2 amide bonds. The Kier molecular flexibility index (Phi) is 6.91. The summed E-state index contributed by atoms with van der Waals surface area (Å²) in [4.78, 5) is 44.2. The van der Waals surface area contributed by atoms with Crippen LogP contribution in [0.4, 0.5) is 4.79 Å². The lowest BCUT2D eigenvalue weighted by molar-refractivity contribution is -0.140. The van der Waals surface area contributed by atoms with Gasteiger partial charge in [-0.25, -0.2) is 9.59 Å². The third kappa shape index (κ3) is 5.03. The van der Waals surface area contributed by atoms with Crippen molar-refractivity contribution in [2.45, 2.75) is 38.5 Å². The fourth-order valence-corrected chi connectivity index (χ4v) is 4.35. The molecule has 0 aromatic heterocycles. The normalized spacial score (nSPS) is 21.9. The van der Waals surface area contributed by atoms with Crippen molar-refractivity contribution in [3.05, 3.63) is 35.9 Å². The van der Waals surface area contributed by atoms with Gasteiger partial charge in [0.2, 0.25) is 5.91 Å². The zero-order chi connectivity index (χ0) is 19.9. The van der Waals surface area contributed by atoms with Crippen molar-refractivity contribution >= 4 is 35.9 Å². The summed E-state index contributed by atoms with van der Waals surface area (Å²) in [6, 6.07) is 8.63. The van der Waals surface area contributed by atoms with Crippen molar-refractivity contribution in [1.29, 1.82) is 0 Å². The first-order valence-corrected chi connectivity index (χ1v) is 10.3. The molecule has 3 rings (SSSR count). The molecule has 2 aliphatic heterocycles. The molecule has 9 heteroatoms. The van der Waals surface area contributed by atoms with Crippen molar-refractivity contribution < 1.29 is 24.0 Å². The molecule has 1 aromatic carbocycles. The first-order chi connectivity index (χ1) is 13.6. The third-order valence-corrected chi connectivity index (χ3v) is 5.63. The third-order valence-electron chi connectivity index (χ3n) is 4.59. The van der Waals surface area contributed by atoms with Crippen molar-refractivity contribution in [1.82, 2.24) is 9.80 Å². The molecule has 1 aromatic rings. The Bertz CT molecular complexity index is 742. The van der Waals surface area contributed by atoms with E-state index in [-0.39, 0.29) is 18.6 Å². The number of thioether (sulfide) groups is 1. The van der Waals surface area contributed by atoms with Crippen molar-refractivity contribution in [3.63, 3.8) is 0 Å². The molecule has 0 spiro atoms. The molecule has 0 unspecified atom stereocenters. The van der Waals surface area contributed by atoms with Crippen LogP contribution in [0.1, 0.15) is 25.3 Å². The van der Waals surface area contributed by atoms with Gasteiger partial charge in [0, 0.05) is 19.2 Å². The Labute approximate surface area is 167 Å². The number of carbonyl (C=O) groups excluding carboxylic acids is 3. The number of amides is 2. The van der Waals surface area contributed by atoms with Crippen LogP contribution in [-0.4, -0.2) is 64.2 Å². The van der Waals surface area contributed by atoms with Gasteiger partial charge in [0.25, 0.3) is 0 Å². The highest BCUT2D eigenvalue weighted by molar-refractivity contribution is 7.99. The second kappa shape index (κ2) is 9.59. The minimum Gasteiger partial charge on any atom is -0.445 e. The van der Waals surface area contributed by atoms with E-state index in [0.29, 0.717) is 24.6 Å². The summed E-state index contributed by atoms with van der Waals surface area (Å²) in [5.74, 6) is 0.544. The van der Waals surface area contributed by atoms with E-state index in [1.165, 1.54) is 18.0 Å². The highest BCUT2D eigenvalue weighted by Crippen LogP contribution is 2.26. The molecular weight excluding hydrogens is 382 g/mol. The number of likely N-dealkylation sites (tertiary alicyclic amines) is 1. The summed E-state index contributed by atoms with van der Waals surface area (Å²) in [5, 5.41) is 3.64. The highest BCUT2D eigenvalue weighted by atomic mass is 32.2. The maximum atomic E-state index is 13.0. The van der Waals surface area contributed by atoms with Gasteiger partial charge in [-0.05, 0) is 18.4 Å². The SMILES string of the molecule is CC(=O)O/N=C/[C@@H]1CSCN1C(=O)[C@@H]1CCCN1C(=O)OCc1ccccc1. The second-order valence-electron chi connectivity index (χ2n) is 6.60. The quantitative estimate of drug-likeness (QED) is 0.424. The van der Waals surface area contributed by atoms with E-state index in [0.717, 1.165) is 12.0 Å². The van der Waals surface area contributed by atoms with E-state index in [4.69, 9.17) is 4.74 Å². The maximum Gasteiger partial charge on any atom is 0.410 e. The summed E-state index contributed by atoms with van der Waals surface area (Å²) in [7, 11) is 0. The van der Waals surface area contributed by atoms with Gasteiger partial charge in [0.15, 0.2) is 0 Å². The fourth-order valence-electron chi connectivity index (χ4n) is 3.22. The summed E-state index contributed by atoms with van der Waals surface area (Å²) < 4.78 is 5.40. The van der Waals surface area contributed by atoms with Crippen LogP contribution in [0.5, 0.6) is 0 Å². The molecule has 0 aliphatic carbocycles. The molecule has 2 aliphatic rings. The van der Waals surface area contributed by atoms with Crippen LogP contribution >= 0.6 is 11.8 Å². The minimum atomic E-state index is -0.536. The number of hydrogen-bond donors (Lipinski definition) is 0. The lowest BCUT2D eigenvalue weighted by atomic mass is 10.1. The average molecular weight is 405 g/mol. The molecular formula is C19H23N3O5S. The Morgan fingerprint density at radius 3 is 2.79 bits per heavy atom. The number of hydrogen-bond acceptors (Lipinski definition) is 7. The average Bonchev–Trinajstić information content (AvgIpc) is 3.36. The Hall–Kier alpha value is -2.55. The van der Waals surface area contributed by atoms with Crippen LogP contribution < -0.4 is 0 Å². The van der Waals surface area contributed by atoms with Crippen molar-refractivity contribution in [2.75, 3.05) is 18.2 Å². The number of oxime groups is 1. The summed E-state index contributed by atoms with van der Waals surface area (Å²) in [6.45, 7) is 1.94. The zero-order valence-corrected chi connectivity index (χ0v) is 16.5. The lowest BCUT2D eigenvalue weighted by Crippen LogP contribution is -2.50. The largest absolute Gasteiger partial charge is 0.445 e. The van der Waals surface area contributed by atoms with E-state index in [9.17, 15) is 14.4 Å². The van der Waals surface area contributed by atoms with Gasteiger partial charge in [-0.15, -0.1) is 11.8 Å². The molecule has 0 saturated carbocycles. The van der Waals surface area contributed by atoms with E-state index < -0.39 is 18.1 Å². The molecule has 2 heterocycles. The lowest BCUT2D eigenvalue weighted by Gasteiger charge is -2.29. The van der Waals surface area contributed by atoms with Gasteiger partial charge >= 0.3 is 12.1 Å². The molecule has 8 nitrogen and oxygen atoms in total. The van der Waals surface area contributed by atoms with Crippen molar-refractivity contribution in [2.24, 2.45) is 5.16 Å². The van der Waals surface area contributed by atoms with Crippen molar-refractivity contribution in [3.8, 4) is 0 Å². The van der Waals surface area contributed by atoms with Gasteiger partial charge in [-0.3, -0.25) is 9.69 Å². The predicted molar refractivity (Wildman–Crippen MR) is 105 cm³/mol. The standard InChI is InChI=1S/C19H23N3O5S/c1-14(23)27-20-10-16-12-28-13-22(16)18(24)17-8-5-9-21(17)19(25)26-11-15-6-3-2-4-7-15/h2-4,6-7,10,16-17H,5,8-9,11-13H2,1H3/b20-10+/t16-,17+/m1/s1. The van der Waals surface area contributed by atoms with Crippen LogP contribution in [0.25, 0.3) is 0 Å².